The van der Waals surface area contributed by atoms with Crippen LogP contribution in [0.1, 0.15) is 28.9 Å². The van der Waals surface area contributed by atoms with Gasteiger partial charge < -0.3 is 15.4 Å². The lowest BCUT2D eigenvalue weighted by Crippen LogP contribution is -2.37. The number of hydrogen-bond acceptors (Lipinski definition) is 3. The van der Waals surface area contributed by atoms with Gasteiger partial charge in [-0.1, -0.05) is 30.3 Å². The number of ether oxygens (including phenoxy) is 1. The molecule has 0 radical (unpaired) electrons. The van der Waals surface area contributed by atoms with Crippen molar-refractivity contribution in [1.29, 1.82) is 0 Å². The van der Waals surface area contributed by atoms with E-state index in [4.69, 9.17) is 4.74 Å². The van der Waals surface area contributed by atoms with Crippen molar-refractivity contribution in [2.24, 2.45) is 4.99 Å². The van der Waals surface area contributed by atoms with Crippen molar-refractivity contribution in [2.75, 3.05) is 27.3 Å². The fourth-order valence-corrected chi connectivity index (χ4v) is 2.92. The molecule has 1 aromatic heterocycles. The molecule has 142 valence electrons. The molecule has 2 rings (SSSR count). The summed E-state index contributed by atoms with van der Waals surface area (Å²) in [5.74, 6) is 0.821. The third-order valence-corrected chi connectivity index (χ3v) is 4.47. The summed E-state index contributed by atoms with van der Waals surface area (Å²) in [5, 5.41) is 11.4. The van der Waals surface area contributed by atoms with Crippen LogP contribution in [0.15, 0.2) is 35.3 Å². The number of aliphatic imine (C=N–C) groups is 1. The summed E-state index contributed by atoms with van der Waals surface area (Å²) in [4.78, 5) is 4.31. The minimum absolute atomic E-state index is 0.666. The average molecular weight is 358 g/mol. The fourth-order valence-electron chi connectivity index (χ4n) is 2.92. The van der Waals surface area contributed by atoms with Crippen LogP contribution in [0.4, 0.5) is 0 Å². The van der Waals surface area contributed by atoms with Gasteiger partial charge in [-0.3, -0.25) is 9.67 Å². The van der Waals surface area contributed by atoms with Crippen LogP contribution in [0.5, 0.6) is 0 Å². The minimum atomic E-state index is 0.666. The number of benzene rings is 1. The van der Waals surface area contributed by atoms with E-state index < -0.39 is 0 Å². The Balaban J connectivity index is 1.79. The van der Waals surface area contributed by atoms with Crippen LogP contribution in [0.25, 0.3) is 0 Å². The second-order valence-corrected chi connectivity index (χ2v) is 6.31. The molecule has 0 fully saturated rings. The molecule has 0 aliphatic carbocycles. The van der Waals surface area contributed by atoms with Gasteiger partial charge in [0.25, 0.3) is 0 Å². The molecule has 2 aromatic rings. The van der Waals surface area contributed by atoms with Gasteiger partial charge in [-0.2, -0.15) is 5.10 Å². The zero-order valence-electron chi connectivity index (χ0n) is 16.4. The minimum Gasteiger partial charge on any atom is -0.383 e. The first-order chi connectivity index (χ1) is 12.7. The Kier molecular flexibility index (Phi) is 8.15. The maximum Gasteiger partial charge on any atom is 0.191 e. The van der Waals surface area contributed by atoms with Crippen molar-refractivity contribution in [3.05, 3.63) is 52.8 Å². The summed E-state index contributed by atoms with van der Waals surface area (Å²) in [6.07, 6.45) is 2.13. The molecule has 0 aliphatic heterocycles. The van der Waals surface area contributed by atoms with E-state index in [1.165, 1.54) is 16.8 Å². The van der Waals surface area contributed by atoms with E-state index in [1.807, 2.05) is 11.6 Å². The molecule has 0 spiro atoms. The van der Waals surface area contributed by atoms with Crippen molar-refractivity contribution in [3.63, 3.8) is 0 Å². The predicted octanol–water partition coefficient (Wildman–Crippen LogP) is 2.44. The Morgan fingerprint density at radius 1 is 1.19 bits per heavy atom. The third kappa shape index (κ3) is 5.88. The zero-order chi connectivity index (χ0) is 18.8. The highest BCUT2D eigenvalue weighted by molar-refractivity contribution is 5.79. The zero-order valence-corrected chi connectivity index (χ0v) is 16.4. The molecule has 1 aromatic carbocycles. The number of rotatable bonds is 9. The van der Waals surface area contributed by atoms with Crippen LogP contribution in [0.3, 0.4) is 0 Å². The molecular weight excluding hydrogens is 326 g/mol. The van der Waals surface area contributed by atoms with Gasteiger partial charge in [0, 0.05) is 38.5 Å². The summed E-state index contributed by atoms with van der Waals surface area (Å²) >= 11 is 0. The van der Waals surface area contributed by atoms with E-state index in [1.54, 1.807) is 14.2 Å². The maximum absolute atomic E-state index is 5.15. The molecular formula is C20H31N5O. The lowest BCUT2D eigenvalue weighted by atomic mass is 10.1. The largest absolute Gasteiger partial charge is 0.383 e. The maximum atomic E-state index is 5.15. The van der Waals surface area contributed by atoms with Gasteiger partial charge in [0.1, 0.15) is 0 Å². The molecule has 0 saturated carbocycles. The highest BCUT2D eigenvalue weighted by atomic mass is 16.5. The highest BCUT2D eigenvalue weighted by Crippen LogP contribution is 2.12. The summed E-state index contributed by atoms with van der Waals surface area (Å²) < 4.78 is 7.15. The Labute approximate surface area is 156 Å². The Bertz CT molecular complexity index is 694. The topological polar surface area (TPSA) is 63.5 Å². The highest BCUT2D eigenvalue weighted by Gasteiger charge is 2.11. The number of guanidine groups is 1. The van der Waals surface area contributed by atoms with E-state index >= 15 is 0 Å². The van der Waals surface area contributed by atoms with Gasteiger partial charge in [0.15, 0.2) is 5.96 Å². The van der Waals surface area contributed by atoms with Gasteiger partial charge in [-0.05, 0) is 32.3 Å². The van der Waals surface area contributed by atoms with Crippen LogP contribution in [0.2, 0.25) is 0 Å². The lowest BCUT2D eigenvalue weighted by Gasteiger charge is -2.12. The van der Waals surface area contributed by atoms with Gasteiger partial charge in [0.05, 0.1) is 18.8 Å². The molecule has 0 unspecified atom stereocenters. The van der Waals surface area contributed by atoms with E-state index in [0.29, 0.717) is 13.2 Å². The molecule has 26 heavy (non-hydrogen) atoms. The second-order valence-electron chi connectivity index (χ2n) is 6.31. The first-order valence-corrected chi connectivity index (χ1v) is 9.16. The molecule has 6 nitrogen and oxygen atoms in total. The van der Waals surface area contributed by atoms with E-state index in [2.05, 4.69) is 58.0 Å². The number of nitrogens with zero attached hydrogens (tertiary/aromatic N) is 3. The quantitative estimate of drug-likeness (QED) is 0.411. The average Bonchev–Trinajstić information content (AvgIpc) is 2.93. The second kappa shape index (κ2) is 10.6. The molecule has 1 heterocycles. The van der Waals surface area contributed by atoms with Crippen LogP contribution >= 0.6 is 0 Å². The normalized spacial score (nSPS) is 11.6. The molecule has 2 N–H and O–H groups in total. The first-order valence-electron chi connectivity index (χ1n) is 9.16. The first kappa shape index (κ1) is 20.0. The Hall–Kier alpha value is -2.34. The van der Waals surface area contributed by atoms with E-state index in [-0.39, 0.29) is 0 Å². The number of hydrogen-bond donors (Lipinski definition) is 2. The van der Waals surface area contributed by atoms with Crippen molar-refractivity contribution in [1.82, 2.24) is 20.4 Å². The van der Waals surface area contributed by atoms with Crippen LogP contribution in [-0.4, -0.2) is 43.0 Å². The van der Waals surface area contributed by atoms with Crippen molar-refractivity contribution >= 4 is 5.96 Å². The fraction of sp³-hybridized carbons (Fsp3) is 0.500. The van der Waals surface area contributed by atoms with Gasteiger partial charge in [-0.25, -0.2) is 0 Å². The molecule has 0 bridgehead atoms. The number of methoxy groups -OCH3 is 1. The predicted molar refractivity (Wildman–Crippen MR) is 107 cm³/mol. The standard InChI is InChI=1S/C20H31N5O/c1-16-19(17(2)25(24-16)13-14-26-4)15-23-20(21-3)22-12-8-11-18-9-6-5-7-10-18/h5-7,9-10H,8,11-15H2,1-4H3,(H2,21,22,23). The number of aromatic nitrogens is 2. The van der Waals surface area contributed by atoms with E-state index in [9.17, 15) is 0 Å². The Morgan fingerprint density at radius 2 is 1.96 bits per heavy atom. The van der Waals surface area contributed by atoms with Gasteiger partial charge in [-0.15, -0.1) is 0 Å². The van der Waals surface area contributed by atoms with Crippen LogP contribution in [0, 0.1) is 13.8 Å². The summed E-state index contributed by atoms with van der Waals surface area (Å²) in [5.41, 5.74) is 4.80. The molecule has 0 aliphatic rings. The number of aryl methyl sites for hydroxylation is 2. The number of nitrogens with one attached hydrogen (secondary N) is 2. The smallest absolute Gasteiger partial charge is 0.191 e. The van der Waals surface area contributed by atoms with Crippen LogP contribution < -0.4 is 10.6 Å². The summed E-state index contributed by atoms with van der Waals surface area (Å²) in [7, 11) is 3.51. The third-order valence-electron chi connectivity index (χ3n) is 4.47. The summed E-state index contributed by atoms with van der Waals surface area (Å²) in [6, 6.07) is 10.6. The molecule has 0 atom stereocenters. The van der Waals surface area contributed by atoms with Crippen molar-refractivity contribution < 1.29 is 4.74 Å². The Morgan fingerprint density at radius 3 is 2.65 bits per heavy atom. The van der Waals surface area contributed by atoms with Crippen LogP contribution in [-0.2, 0) is 24.2 Å². The SMILES string of the molecule is CN=C(NCCCc1ccccc1)NCc1c(C)nn(CCOC)c1C. The monoisotopic (exact) mass is 357 g/mol. The molecule has 0 saturated heterocycles. The molecule has 6 heteroatoms. The summed E-state index contributed by atoms with van der Waals surface area (Å²) in [6.45, 7) is 7.18. The lowest BCUT2D eigenvalue weighted by molar-refractivity contribution is 0.182. The van der Waals surface area contributed by atoms with E-state index in [0.717, 1.165) is 37.6 Å². The van der Waals surface area contributed by atoms with Crippen molar-refractivity contribution in [2.45, 2.75) is 39.8 Å². The molecule has 0 amide bonds. The van der Waals surface area contributed by atoms with Gasteiger partial charge >= 0.3 is 0 Å². The van der Waals surface area contributed by atoms with Crippen molar-refractivity contribution in [3.8, 4) is 0 Å². The van der Waals surface area contributed by atoms with Gasteiger partial charge in [0.2, 0.25) is 0 Å².